The topological polar surface area (TPSA) is 90.0 Å². The number of amides is 3. The third-order valence-electron chi connectivity index (χ3n) is 3.86. The van der Waals surface area contributed by atoms with Crippen molar-refractivity contribution in [3.05, 3.63) is 0 Å². The molecule has 0 saturated carbocycles. The lowest BCUT2D eigenvalue weighted by atomic mass is 10.1. The molecule has 0 aromatic heterocycles. The molecule has 1 fully saturated rings. The molecule has 22 heavy (non-hydrogen) atoms. The highest BCUT2D eigenvalue weighted by Crippen LogP contribution is 2.20. The Balaban J connectivity index is 2.89. The van der Waals surface area contributed by atoms with E-state index < -0.39 is 24.1 Å². The molecule has 0 aromatic carbocycles. The minimum atomic E-state index is -1.00. The monoisotopic (exact) mass is 313 g/mol. The van der Waals surface area contributed by atoms with Crippen LogP contribution < -0.4 is 5.32 Å². The van der Waals surface area contributed by atoms with Crippen LogP contribution in [-0.2, 0) is 14.4 Å². The van der Waals surface area contributed by atoms with Gasteiger partial charge in [-0.25, -0.2) is 0 Å². The van der Waals surface area contributed by atoms with Gasteiger partial charge in [-0.3, -0.25) is 14.4 Å². The van der Waals surface area contributed by atoms with Crippen molar-refractivity contribution in [1.29, 1.82) is 0 Å². The minimum absolute atomic E-state index is 0.0857. The number of nitrogens with one attached hydrogen (secondary N) is 1. The van der Waals surface area contributed by atoms with Crippen LogP contribution in [-0.4, -0.2) is 70.4 Å². The molecule has 1 saturated heterocycles. The van der Waals surface area contributed by atoms with E-state index in [1.165, 1.54) is 30.7 Å². The Hall–Kier alpha value is -1.63. The third-order valence-corrected chi connectivity index (χ3v) is 3.86. The number of carbonyl (C=O) groups is 3. The van der Waals surface area contributed by atoms with Gasteiger partial charge in [0.2, 0.25) is 17.7 Å². The first-order valence-corrected chi connectivity index (χ1v) is 7.69. The van der Waals surface area contributed by atoms with Crippen LogP contribution in [0.5, 0.6) is 0 Å². The van der Waals surface area contributed by atoms with Crippen molar-refractivity contribution >= 4 is 17.7 Å². The zero-order valence-electron chi connectivity index (χ0n) is 14.0. The molecule has 3 atom stereocenters. The smallest absolute Gasteiger partial charge is 0.245 e. The van der Waals surface area contributed by atoms with Crippen LogP contribution in [0.2, 0.25) is 0 Å². The van der Waals surface area contributed by atoms with E-state index in [0.29, 0.717) is 13.0 Å². The normalized spacial score (nSPS) is 20.7. The van der Waals surface area contributed by atoms with Crippen LogP contribution in [0.4, 0.5) is 0 Å². The highest BCUT2D eigenvalue weighted by atomic mass is 16.3. The van der Waals surface area contributed by atoms with Gasteiger partial charge in [-0.15, -0.1) is 0 Å². The van der Waals surface area contributed by atoms with Crippen molar-refractivity contribution in [2.24, 2.45) is 0 Å². The Morgan fingerprint density at radius 2 is 1.86 bits per heavy atom. The first kappa shape index (κ1) is 18.4. The standard InChI is InChI=1S/C15H27N3O4/c1-9(2)16-14(21)13(10(3)19)17(5)15(22)12-7-6-8-18(12)11(4)20/h9-10,12-13,19H,6-8H2,1-5H3,(H,16,21). The number of nitrogens with zero attached hydrogens (tertiary/aromatic N) is 2. The zero-order chi connectivity index (χ0) is 17.0. The molecule has 3 amide bonds. The molecule has 7 nitrogen and oxygen atoms in total. The highest BCUT2D eigenvalue weighted by molar-refractivity contribution is 5.92. The molecule has 0 radical (unpaired) electrons. The first-order valence-electron chi connectivity index (χ1n) is 7.69. The quantitative estimate of drug-likeness (QED) is 0.731. The molecule has 126 valence electrons. The maximum Gasteiger partial charge on any atom is 0.245 e. The molecular formula is C15H27N3O4. The molecule has 0 aromatic rings. The average Bonchev–Trinajstić information content (AvgIpc) is 2.85. The summed E-state index contributed by atoms with van der Waals surface area (Å²) < 4.78 is 0. The number of hydrogen-bond donors (Lipinski definition) is 2. The number of rotatable bonds is 5. The van der Waals surface area contributed by atoms with Gasteiger partial charge >= 0.3 is 0 Å². The van der Waals surface area contributed by atoms with Crippen molar-refractivity contribution in [3.63, 3.8) is 0 Å². The maximum absolute atomic E-state index is 12.6. The molecule has 1 aliphatic heterocycles. The van der Waals surface area contributed by atoms with Gasteiger partial charge in [0.15, 0.2) is 0 Å². The molecular weight excluding hydrogens is 286 g/mol. The van der Waals surface area contributed by atoms with E-state index in [1.54, 1.807) is 0 Å². The van der Waals surface area contributed by atoms with Crippen molar-refractivity contribution in [1.82, 2.24) is 15.1 Å². The second kappa shape index (κ2) is 7.58. The number of aliphatic hydroxyl groups excluding tert-OH is 1. The Morgan fingerprint density at radius 3 is 2.32 bits per heavy atom. The predicted octanol–water partition coefficient (Wildman–Crippen LogP) is -0.270. The Morgan fingerprint density at radius 1 is 1.27 bits per heavy atom. The zero-order valence-corrected chi connectivity index (χ0v) is 14.0. The van der Waals surface area contributed by atoms with Crippen molar-refractivity contribution in [2.45, 2.75) is 64.8 Å². The molecule has 0 bridgehead atoms. The van der Waals surface area contributed by atoms with E-state index in [-0.39, 0.29) is 17.9 Å². The van der Waals surface area contributed by atoms with E-state index in [2.05, 4.69) is 5.32 Å². The van der Waals surface area contributed by atoms with Crippen molar-refractivity contribution in [2.75, 3.05) is 13.6 Å². The number of hydrogen-bond acceptors (Lipinski definition) is 4. The third kappa shape index (κ3) is 4.19. The molecule has 1 heterocycles. The SMILES string of the molecule is CC(=O)N1CCCC1C(=O)N(C)C(C(=O)NC(C)C)C(C)O. The number of carbonyl (C=O) groups excluding carboxylic acids is 3. The number of likely N-dealkylation sites (N-methyl/N-ethyl adjacent to an activating group) is 1. The largest absolute Gasteiger partial charge is 0.391 e. The summed E-state index contributed by atoms with van der Waals surface area (Å²) in [5, 5.41) is 12.6. The average molecular weight is 313 g/mol. The first-order chi connectivity index (χ1) is 10.2. The summed E-state index contributed by atoms with van der Waals surface area (Å²) in [7, 11) is 1.50. The molecule has 0 spiro atoms. The van der Waals surface area contributed by atoms with Gasteiger partial charge in [-0.1, -0.05) is 0 Å². The molecule has 7 heteroatoms. The van der Waals surface area contributed by atoms with E-state index in [4.69, 9.17) is 0 Å². The molecule has 2 N–H and O–H groups in total. The lowest BCUT2D eigenvalue weighted by molar-refractivity contribution is -0.149. The Labute approximate surface area is 131 Å². The lowest BCUT2D eigenvalue weighted by Gasteiger charge is -2.33. The van der Waals surface area contributed by atoms with E-state index in [9.17, 15) is 19.5 Å². The number of likely N-dealkylation sites (tertiary alicyclic amines) is 1. The summed E-state index contributed by atoms with van der Waals surface area (Å²) in [6.07, 6.45) is 0.350. The van der Waals surface area contributed by atoms with Crippen LogP contribution >= 0.6 is 0 Å². The minimum Gasteiger partial charge on any atom is -0.391 e. The van der Waals surface area contributed by atoms with E-state index in [0.717, 1.165) is 6.42 Å². The van der Waals surface area contributed by atoms with Gasteiger partial charge in [0.25, 0.3) is 0 Å². The van der Waals surface area contributed by atoms with Gasteiger partial charge in [0, 0.05) is 26.6 Å². The molecule has 3 unspecified atom stereocenters. The van der Waals surface area contributed by atoms with Crippen molar-refractivity contribution < 1.29 is 19.5 Å². The van der Waals surface area contributed by atoms with Gasteiger partial charge in [0.1, 0.15) is 12.1 Å². The van der Waals surface area contributed by atoms with Crippen LogP contribution in [0.3, 0.4) is 0 Å². The second-order valence-electron chi connectivity index (χ2n) is 6.17. The summed E-state index contributed by atoms with van der Waals surface area (Å²) >= 11 is 0. The molecule has 0 aliphatic carbocycles. The van der Waals surface area contributed by atoms with Gasteiger partial charge in [0.05, 0.1) is 6.10 Å². The fourth-order valence-electron chi connectivity index (χ4n) is 2.86. The summed E-state index contributed by atoms with van der Waals surface area (Å²) in [5.74, 6) is -0.852. The molecule has 1 aliphatic rings. The fourth-order valence-corrected chi connectivity index (χ4v) is 2.86. The maximum atomic E-state index is 12.6. The van der Waals surface area contributed by atoms with Crippen LogP contribution in [0.25, 0.3) is 0 Å². The summed E-state index contributed by atoms with van der Waals surface area (Å²) in [6.45, 7) is 7.09. The highest BCUT2D eigenvalue weighted by Gasteiger charge is 2.39. The van der Waals surface area contributed by atoms with Crippen LogP contribution in [0.1, 0.15) is 40.5 Å². The van der Waals surface area contributed by atoms with Gasteiger partial charge in [-0.2, -0.15) is 0 Å². The second-order valence-corrected chi connectivity index (χ2v) is 6.17. The van der Waals surface area contributed by atoms with Crippen LogP contribution in [0, 0.1) is 0 Å². The van der Waals surface area contributed by atoms with Gasteiger partial charge in [-0.05, 0) is 33.6 Å². The summed E-state index contributed by atoms with van der Waals surface area (Å²) in [6, 6.07) is -1.60. The Kier molecular flexibility index (Phi) is 6.34. The Bertz CT molecular complexity index is 437. The number of aliphatic hydroxyl groups is 1. The van der Waals surface area contributed by atoms with E-state index >= 15 is 0 Å². The summed E-state index contributed by atoms with van der Waals surface area (Å²) in [5.41, 5.74) is 0. The van der Waals surface area contributed by atoms with E-state index in [1.807, 2.05) is 13.8 Å². The lowest BCUT2D eigenvalue weighted by Crippen LogP contribution is -2.57. The fraction of sp³-hybridized carbons (Fsp3) is 0.800. The van der Waals surface area contributed by atoms with Gasteiger partial charge < -0.3 is 20.2 Å². The van der Waals surface area contributed by atoms with Crippen molar-refractivity contribution in [3.8, 4) is 0 Å². The molecule has 1 rings (SSSR count). The summed E-state index contributed by atoms with van der Waals surface area (Å²) in [4.78, 5) is 39.2. The predicted molar refractivity (Wildman–Crippen MR) is 81.9 cm³/mol. The van der Waals surface area contributed by atoms with Crippen LogP contribution in [0.15, 0.2) is 0 Å².